The third-order valence-corrected chi connectivity index (χ3v) is 3.94. The first-order valence-corrected chi connectivity index (χ1v) is 7.11. The summed E-state index contributed by atoms with van der Waals surface area (Å²) in [6.07, 6.45) is 7.23. The average Bonchev–Trinajstić information content (AvgIpc) is 3.04. The molecule has 0 saturated carbocycles. The van der Waals surface area contributed by atoms with Crippen molar-refractivity contribution in [1.82, 2.24) is 19.2 Å². The Bertz CT molecular complexity index is 690. The van der Waals surface area contributed by atoms with Gasteiger partial charge >= 0.3 is 0 Å². The number of carbonyl (C=O) groups excluding carboxylic acids is 1. The lowest BCUT2D eigenvalue weighted by atomic mass is 10.0. The minimum atomic E-state index is -0.247. The monoisotopic (exact) mass is 286 g/mol. The minimum absolute atomic E-state index is 0.185. The highest BCUT2D eigenvalue weighted by molar-refractivity contribution is 5.93. The number of hydrogen-bond acceptors (Lipinski definition) is 3. The number of pyridine rings is 1. The number of aromatic nitrogens is 3. The average molecular weight is 286 g/mol. The van der Waals surface area contributed by atoms with E-state index in [1.54, 1.807) is 36.5 Å². The highest BCUT2D eigenvalue weighted by Crippen LogP contribution is 2.21. The molecular formula is C15H18N4O2. The highest BCUT2D eigenvalue weighted by Gasteiger charge is 2.27. The summed E-state index contributed by atoms with van der Waals surface area (Å²) in [4.78, 5) is 26.4. The molecule has 0 spiro atoms. The zero-order valence-electron chi connectivity index (χ0n) is 12.0. The van der Waals surface area contributed by atoms with E-state index in [-0.39, 0.29) is 23.1 Å². The SMILES string of the molecule is Cn1cccc(C(=O)N2CCC[C@H](n3cccn3)C2)c1=O. The summed E-state index contributed by atoms with van der Waals surface area (Å²) in [5.41, 5.74) is -0.00942. The van der Waals surface area contributed by atoms with E-state index < -0.39 is 0 Å². The number of aryl methyl sites for hydroxylation is 1. The Morgan fingerprint density at radius 3 is 2.95 bits per heavy atom. The van der Waals surface area contributed by atoms with E-state index >= 15 is 0 Å². The second-order valence-electron chi connectivity index (χ2n) is 5.37. The second-order valence-corrected chi connectivity index (χ2v) is 5.37. The molecule has 0 aliphatic carbocycles. The van der Waals surface area contributed by atoms with Gasteiger partial charge in [-0.1, -0.05) is 0 Å². The van der Waals surface area contributed by atoms with Crippen LogP contribution >= 0.6 is 0 Å². The molecule has 1 fully saturated rings. The maximum absolute atomic E-state index is 12.6. The predicted octanol–water partition coefficient (Wildman–Crippen LogP) is 1.06. The lowest BCUT2D eigenvalue weighted by molar-refractivity contribution is 0.0670. The van der Waals surface area contributed by atoms with Crippen LogP contribution in [-0.4, -0.2) is 38.2 Å². The van der Waals surface area contributed by atoms with Gasteiger partial charge in [0, 0.05) is 38.7 Å². The predicted molar refractivity (Wildman–Crippen MR) is 78.1 cm³/mol. The van der Waals surface area contributed by atoms with Gasteiger partial charge in [-0.05, 0) is 31.0 Å². The van der Waals surface area contributed by atoms with Gasteiger partial charge in [0.15, 0.2) is 0 Å². The second kappa shape index (κ2) is 5.55. The topological polar surface area (TPSA) is 60.1 Å². The van der Waals surface area contributed by atoms with E-state index in [0.717, 1.165) is 12.8 Å². The fraction of sp³-hybridized carbons (Fsp3) is 0.400. The van der Waals surface area contributed by atoms with E-state index in [9.17, 15) is 9.59 Å². The normalized spacial score (nSPS) is 18.7. The molecule has 0 radical (unpaired) electrons. The van der Waals surface area contributed by atoms with Crippen molar-refractivity contribution in [2.45, 2.75) is 18.9 Å². The van der Waals surface area contributed by atoms with Crippen LogP contribution in [-0.2, 0) is 7.05 Å². The Morgan fingerprint density at radius 1 is 1.33 bits per heavy atom. The summed E-state index contributed by atoms with van der Waals surface area (Å²) in [5, 5.41) is 4.25. The summed E-state index contributed by atoms with van der Waals surface area (Å²) < 4.78 is 3.32. The van der Waals surface area contributed by atoms with Crippen molar-refractivity contribution in [3.63, 3.8) is 0 Å². The standard InChI is InChI=1S/C15H18N4O2/c1-17-8-3-6-13(14(17)20)15(21)18-9-2-5-12(11-18)19-10-4-7-16-19/h3-4,6-8,10,12H,2,5,9,11H2,1H3/t12-/m0/s1. The first-order chi connectivity index (χ1) is 10.2. The van der Waals surface area contributed by atoms with Crippen molar-refractivity contribution >= 4 is 5.91 Å². The Hall–Kier alpha value is -2.37. The molecule has 2 aromatic rings. The third-order valence-electron chi connectivity index (χ3n) is 3.94. The van der Waals surface area contributed by atoms with Gasteiger partial charge in [-0.25, -0.2) is 0 Å². The van der Waals surface area contributed by atoms with Crippen LogP contribution in [0.25, 0.3) is 0 Å². The number of amides is 1. The maximum Gasteiger partial charge on any atom is 0.263 e. The van der Waals surface area contributed by atoms with Crippen LogP contribution in [0, 0.1) is 0 Å². The van der Waals surface area contributed by atoms with E-state index in [1.807, 2.05) is 16.9 Å². The molecule has 1 aliphatic rings. The third kappa shape index (κ3) is 2.61. The first kappa shape index (κ1) is 13.6. The molecule has 21 heavy (non-hydrogen) atoms. The Morgan fingerprint density at radius 2 is 2.19 bits per heavy atom. The molecule has 3 rings (SSSR count). The van der Waals surface area contributed by atoms with Gasteiger partial charge in [0.05, 0.1) is 6.04 Å². The van der Waals surface area contributed by atoms with Crippen molar-refractivity contribution in [3.8, 4) is 0 Å². The molecule has 3 heterocycles. The van der Waals surface area contributed by atoms with Crippen LogP contribution in [0.2, 0.25) is 0 Å². The smallest absolute Gasteiger partial charge is 0.263 e. The Labute approximate surface area is 122 Å². The summed E-state index contributed by atoms with van der Waals surface area (Å²) >= 11 is 0. The van der Waals surface area contributed by atoms with Gasteiger partial charge in [-0.3, -0.25) is 14.3 Å². The number of piperidine rings is 1. The Balaban J connectivity index is 1.81. The largest absolute Gasteiger partial charge is 0.336 e. The van der Waals surface area contributed by atoms with Crippen molar-refractivity contribution in [3.05, 3.63) is 52.7 Å². The summed E-state index contributed by atoms with van der Waals surface area (Å²) in [6.45, 7) is 1.28. The van der Waals surface area contributed by atoms with Crippen molar-refractivity contribution in [2.24, 2.45) is 7.05 Å². The van der Waals surface area contributed by atoms with Crippen molar-refractivity contribution in [1.29, 1.82) is 0 Å². The summed E-state index contributed by atoms with van der Waals surface area (Å²) in [7, 11) is 1.65. The highest BCUT2D eigenvalue weighted by atomic mass is 16.2. The van der Waals surface area contributed by atoms with Crippen LogP contribution in [0.4, 0.5) is 0 Å². The first-order valence-electron chi connectivity index (χ1n) is 7.11. The molecular weight excluding hydrogens is 268 g/mol. The molecule has 0 N–H and O–H groups in total. The fourth-order valence-electron chi connectivity index (χ4n) is 2.78. The van der Waals surface area contributed by atoms with Gasteiger partial charge in [-0.2, -0.15) is 5.10 Å². The molecule has 6 nitrogen and oxygen atoms in total. The van der Waals surface area contributed by atoms with Gasteiger partial charge < -0.3 is 9.47 Å². The maximum atomic E-state index is 12.6. The zero-order valence-corrected chi connectivity index (χ0v) is 12.0. The van der Waals surface area contributed by atoms with Crippen molar-refractivity contribution in [2.75, 3.05) is 13.1 Å². The molecule has 0 bridgehead atoms. The van der Waals surface area contributed by atoms with Crippen LogP contribution in [0.15, 0.2) is 41.6 Å². The molecule has 110 valence electrons. The molecule has 1 amide bonds. The zero-order chi connectivity index (χ0) is 14.8. The van der Waals surface area contributed by atoms with E-state index in [4.69, 9.17) is 0 Å². The van der Waals surface area contributed by atoms with Crippen LogP contribution in [0.1, 0.15) is 29.2 Å². The molecule has 1 atom stereocenters. The van der Waals surface area contributed by atoms with E-state index in [1.165, 1.54) is 4.57 Å². The van der Waals surface area contributed by atoms with Crippen LogP contribution in [0.5, 0.6) is 0 Å². The van der Waals surface area contributed by atoms with E-state index in [0.29, 0.717) is 13.1 Å². The number of carbonyl (C=O) groups is 1. The van der Waals surface area contributed by atoms with Crippen molar-refractivity contribution < 1.29 is 4.79 Å². The fourth-order valence-corrected chi connectivity index (χ4v) is 2.78. The van der Waals surface area contributed by atoms with Gasteiger partial charge in [0.1, 0.15) is 5.56 Å². The number of nitrogens with zero attached hydrogens (tertiary/aromatic N) is 4. The van der Waals surface area contributed by atoms with Crippen LogP contribution in [0.3, 0.4) is 0 Å². The van der Waals surface area contributed by atoms with Crippen LogP contribution < -0.4 is 5.56 Å². The Kier molecular flexibility index (Phi) is 3.60. The minimum Gasteiger partial charge on any atom is -0.336 e. The number of likely N-dealkylation sites (tertiary alicyclic amines) is 1. The molecule has 6 heteroatoms. The molecule has 1 saturated heterocycles. The summed E-state index contributed by atoms with van der Waals surface area (Å²) in [5.74, 6) is -0.187. The van der Waals surface area contributed by atoms with Gasteiger partial charge in [-0.15, -0.1) is 0 Å². The lowest BCUT2D eigenvalue weighted by Crippen LogP contribution is -2.43. The van der Waals surface area contributed by atoms with E-state index in [2.05, 4.69) is 5.10 Å². The molecule has 1 aliphatic heterocycles. The number of rotatable bonds is 2. The quantitative estimate of drug-likeness (QED) is 0.829. The number of hydrogen-bond donors (Lipinski definition) is 0. The van der Waals surface area contributed by atoms with Gasteiger partial charge in [0.2, 0.25) is 0 Å². The molecule has 0 aromatic carbocycles. The lowest BCUT2D eigenvalue weighted by Gasteiger charge is -2.32. The summed E-state index contributed by atoms with van der Waals surface area (Å²) in [6, 6.07) is 5.39. The molecule has 2 aromatic heterocycles. The van der Waals surface area contributed by atoms with Gasteiger partial charge in [0.25, 0.3) is 11.5 Å². The molecule has 0 unspecified atom stereocenters.